The maximum atomic E-state index is 13.0. The van der Waals surface area contributed by atoms with Crippen LogP contribution in [0.4, 0.5) is 18.9 Å². The molecule has 0 bridgehead atoms. The molecule has 0 atom stereocenters. The number of fused-ring (bicyclic) bond motifs is 3. The molecular formula is C25H18F3N3O. The minimum Gasteiger partial charge on any atom is -0.321 e. The number of rotatable bonds is 3. The molecule has 32 heavy (non-hydrogen) atoms. The molecule has 0 saturated heterocycles. The van der Waals surface area contributed by atoms with Crippen LogP contribution in [0.2, 0.25) is 0 Å². The molecule has 160 valence electrons. The summed E-state index contributed by atoms with van der Waals surface area (Å²) in [4.78, 5) is 12.8. The maximum absolute atomic E-state index is 13.0. The molecule has 1 amide bonds. The van der Waals surface area contributed by atoms with E-state index < -0.39 is 17.6 Å². The normalized spacial score (nSPS) is 12.4. The number of anilines is 1. The molecule has 1 aromatic heterocycles. The number of hydrogen-bond acceptors (Lipinski definition) is 2. The number of nitrogens with zero attached hydrogens (tertiary/aromatic N) is 2. The van der Waals surface area contributed by atoms with E-state index in [0.717, 1.165) is 29.7 Å². The van der Waals surface area contributed by atoms with Crippen LogP contribution in [-0.4, -0.2) is 15.7 Å². The summed E-state index contributed by atoms with van der Waals surface area (Å²) in [6.07, 6.45) is -3.65. The van der Waals surface area contributed by atoms with Crippen LogP contribution in [0, 0.1) is 6.92 Å². The van der Waals surface area contributed by atoms with Gasteiger partial charge in [-0.3, -0.25) is 4.79 Å². The molecule has 1 N–H and O–H groups in total. The van der Waals surface area contributed by atoms with E-state index in [-0.39, 0.29) is 11.4 Å². The highest BCUT2D eigenvalue weighted by Gasteiger charge is 2.30. The van der Waals surface area contributed by atoms with Crippen molar-refractivity contribution in [3.8, 4) is 16.8 Å². The van der Waals surface area contributed by atoms with E-state index >= 15 is 0 Å². The number of carbonyl (C=O) groups is 1. The van der Waals surface area contributed by atoms with Gasteiger partial charge in [0, 0.05) is 11.4 Å². The van der Waals surface area contributed by atoms with Crippen LogP contribution < -0.4 is 5.32 Å². The second-order valence-electron chi connectivity index (χ2n) is 7.79. The molecule has 0 aliphatic heterocycles. The third-order valence-corrected chi connectivity index (χ3v) is 5.59. The van der Waals surface area contributed by atoms with Crippen LogP contribution in [-0.2, 0) is 12.6 Å². The zero-order chi connectivity index (χ0) is 22.5. The number of benzene rings is 3. The first-order valence-electron chi connectivity index (χ1n) is 10.1. The summed E-state index contributed by atoms with van der Waals surface area (Å²) < 4.78 is 40.5. The smallest absolute Gasteiger partial charge is 0.321 e. The van der Waals surface area contributed by atoms with Gasteiger partial charge in [-0.05, 0) is 72.0 Å². The molecule has 3 aromatic carbocycles. The lowest BCUT2D eigenvalue weighted by atomic mass is 10.1. The minimum absolute atomic E-state index is 0.128. The summed E-state index contributed by atoms with van der Waals surface area (Å²) in [6, 6.07) is 20.4. The van der Waals surface area contributed by atoms with E-state index in [4.69, 9.17) is 0 Å². The highest BCUT2D eigenvalue weighted by atomic mass is 19.4. The quantitative estimate of drug-likeness (QED) is 0.378. The van der Waals surface area contributed by atoms with Gasteiger partial charge in [0.2, 0.25) is 0 Å². The number of amides is 1. The number of nitrogens with one attached hydrogen (secondary N) is 1. The molecule has 1 aliphatic carbocycles. The Labute approximate surface area is 182 Å². The van der Waals surface area contributed by atoms with Crippen molar-refractivity contribution in [3.05, 3.63) is 101 Å². The van der Waals surface area contributed by atoms with Crippen LogP contribution in [0.25, 0.3) is 16.8 Å². The average molecular weight is 433 g/mol. The third-order valence-electron chi connectivity index (χ3n) is 5.59. The van der Waals surface area contributed by atoms with Gasteiger partial charge in [0.25, 0.3) is 5.91 Å². The van der Waals surface area contributed by atoms with Gasteiger partial charge in [0.1, 0.15) is 0 Å². The fraction of sp³-hybridized carbons (Fsp3) is 0.120. The van der Waals surface area contributed by atoms with Crippen molar-refractivity contribution >= 4 is 11.6 Å². The molecule has 0 unspecified atom stereocenters. The molecular weight excluding hydrogens is 415 g/mol. The zero-order valence-corrected chi connectivity index (χ0v) is 17.1. The lowest BCUT2D eigenvalue weighted by Crippen LogP contribution is -2.13. The van der Waals surface area contributed by atoms with Crippen molar-refractivity contribution in [1.29, 1.82) is 0 Å². The highest BCUT2D eigenvalue weighted by Crippen LogP contribution is 2.37. The summed E-state index contributed by atoms with van der Waals surface area (Å²) in [7, 11) is 0. The lowest BCUT2D eigenvalue weighted by Gasteiger charge is -2.10. The van der Waals surface area contributed by atoms with Crippen molar-refractivity contribution in [2.75, 3.05) is 5.32 Å². The molecule has 0 spiro atoms. The Kier molecular flexibility index (Phi) is 4.62. The van der Waals surface area contributed by atoms with E-state index in [1.54, 1.807) is 13.0 Å². The van der Waals surface area contributed by atoms with Gasteiger partial charge < -0.3 is 5.32 Å². The predicted octanol–water partition coefficient (Wildman–Crippen LogP) is 6.02. The predicted molar refractivity (Wildman–Crippen MR) is 116 cm³/mol. The Morgan fingerprint density at radius 3 is 2.53 bits per heavy atom. The average Bonchev–Trinajstić information content (AvgIpc) is 3.33. The molecule has 4 nitrogen and oxygen atoms in total. The standard InChI is InChI=1S/C25H18F3N3O/c1-15-11-23(30-31(15)20-7-4-6-18(14-20)25(26,27)28)24(32)29-19-9-10-22-17(13-19)12-16-5-2-3-8-21(16)22/h2-11,13-14H,12H2,1H3,(H,29,32). The van der Waals surface area contributed by atoms with Crippen LogP contribution in [0.1, 0.15) is 32.9 Å². The highest BCUT2D eigenvalue weighted by molar-refractivity contribution is 6.03. The Morgan fingerprint density at radius 1 is 0.938 bits per heavy atom. The van der Waals surface area contributed by atoms with Gasteiger partial charge in [-0.2, -0.15) is 18.3 Å². The van der Waals surface area contributed by atoms with E-state index in [0.29, 0.717) is 11.4 Å². The van der Waals surface area contributed by atoms with E-state index in [1.165, 1.54) is 27.9 Å². The number of carbonyl (C=O) groups excluding carboxylic acids is 1. The second kappa shape index (κ2) is 7.37. The molecule has 7 heteroatoms. The van der Waals surface area contributed by atoms with Gasteiger partial charge in [0.15, 0.2) is 5.69 Å². The van der Waals surface area contributed by atoms with Crippen LogP contribution >= 0.6 is 0 Å². The number of aryl methyl sites for hydroxylation is 1. The SMILES string of the molecule is Cc1cc(C(=O)Nc2ccc3c(c2)Cc2ccccc2-3)nn1-c1cccc(C(F)(F)F)c1. The van der Waals surface area contributed by atoms with Crippen molar-refractivity contribution in [2.45, 2.75) is 19.5 Å². The van der Waals surface area contributed by atoms with Crippen molar-refractivity contribution in [3.63, 3.8) is 0 Å². The molecule has 0 fully saturated rings. The van der Waals surface area contributed by atoms with Gasteiger partial charge in [0.05, 0.1) is 11.3 Å². The zero-order valence-electron chi connectivity index (χ0n) is 17.1. The number of alkyl halides is 3. The Hall–Kier alpha value is -3.87. The molecule has 5 rings (SSSR count). The summed E-state index contributed by atoms with van der Waals surface area (Å²) >= 11 is 0. The molecule has 4 aromatic rings. The Balaban J connectivity index is 1.38. The monoisotopic (exact) mass is 433 g/mol. The molecule has 1 heterocycles. The van der Waals surface area contributed by atoms with Crippen LogP contribution in [0.5, 0.6) is 0 Å². The van der Waals surface area contributed by atoms with Gasteiger partial charge in [-0.1, -0.05) is 36.4 Å². The summed E-state index contributed by atoms with van der Waals surface area (Å²) in [5, 5.41) is 7.09. The topological polar surface area (TPSA) is 46.9 Å². The number of aromatic nitrogens is 2. The van der Waals surface area contributed by atoms with E-state index in [9.17, 15) is 18.0 Å². The van der Waals surface area contributed by atoms with E-state index in [1.807, 2.05) is 30.3 Å². The maximum Gasteiger partial charge on any atom is 0.416 e. The Morgan fingerprint density at radius 2 is 1.72 bits per heavy atom. The number of hydrogen-bond donors (Lipinski definition) is 1. The van der Waals surface area contributed by atoms with Crippen molar-refractivity contribution < 1.29 is 18.0 Å². The first kappa shape index (κ1) is 20.1. The molecule has 1 aliphatic rings. The van der Waals surface area contributed by atoms with Gasteiger partial charge in [-0.25, -0.2) is 4.68 Å². The van der Waals surface area contributed by atoms with Crippen molar-refractivity contribution in [1.82, 2.24) is 9.78 Å². The first-order valence-corrected chi connectivity index (χ1v) is 10.1. The fourth-order valence-corrected chi connectivity index (χ4v) is 4.08. The second-order valence-corrected chi connectivity index (χ2v) is 7.79. The fourth-order valence-electron chi connectivity index (χ4n) is 4.08. The largest absolute Gasteiger partial charge is 0.416 e. The summed E-state index contributed by atoms with van der Waals surface area (Å²) in [5.41, 5.74) is 5.55. The third kappa shape index (κ3) is 3.56. The summed E-state index contributed by atoms with van der Waals surface area (Å²) in [6.45, 7) is 1.69. The lowest BCUT2D eigenvalue weighted by molar-refractivity contribution is -0.137. The minimum atomic E-state index is -4.45. The Bertz CT molecular complexity index is 1350. The first-order chi connectivity index (χ1) is 15.3. The van der Waals surface area contributed by atoms with Crippen LogP contribution in [0.15, 0.2) is 72.8 Å². The van der Waals surface area contributed by atoms with E-state index in [2.05, 4.69) is 22.5 Å². The van der Waals surface area contributed by atoms with Gasteiger partial charge in [-0.15, -0.1) is 0 Å². The molecule has 0 saturated carbocycles. The summed E-state index contributed by atoms with van der Waals surface area (Å²) in [5.74, 6) is -0.422. The number of halogens is 3. The van der Waals surface area contributed by atoms with Crippen molar-refractivity contribution in [2.24, 2.45) is 0 Å². The molecule has 0 radical (unpaired) electrons. The van der Waals surface area contributed by atoms with Crippen LogP contribution in [0.3, 0.4) is 0 Å². The van der Waals surface area contributed by atoms with Gasteiger partial charge >= 0.3 is 6.18 Å².